The summed E-state index contributed by atoms with van der Waals surface area (Å²) in [6.07, 6.45) is 1.66. The second-order valence-corrected chi connectivity index (χ2v) is 6.27. The molecule has 2 rings (SSSR count). The van der Waals surface area contributed by atoms with Crippen molar-refractivity contribution in [1.82, 2.24) is 10.2 Å². The van der Waals surface area contributed by atoms with E-state index in [1.807, 2.05) is 26.2 Å². The number of hydrogen-bond donors (Lipinski definition) is 2. The molecule has 0 saturated carbocycles. The van der Waals surface area contributed by atoms with Crippen molar-refractivity contribution in [3.63, 3.8) is 0 Å². The minimum absolute atomic E-state index is 0.0812. The monoisotopic (exact) mass is 357 g/mol. The van der Waals surface area contributed by atoms with Gasteiger partial charge in [0.1, 0.15) is 5.76 Å². The van der Waals surface area contributed by atoms with Gasteiger partial charge in [-0.05, 0) is 56.6 Å². The zero-order valence-corrected chi connectivity index (χ0v) is 14.6. The summed E-state index contributed by atoms with van der Waals surface area (Å²) in [4.78, 5) is 2.06. The summed E-state index contributed by atoms with van der Waals surface area (Å²) in [5, 5.41) is 7.84. The Labute approximate surface area is 145 Å². The molecule has 7 heteroatoms. The van der Waals surface area contributed by atoms with E-state index in [-0.39, 0.29) is 6.04 Å². The number of benzene rings is 1. The van der Waals surface area contributed by atoms with Gasteiger partial charge in [0.2, 0.25) is 0 Å². The van der Waals surface area contributed by atoms with E-state index in [1.54, 1.807) is 24.5 Å². The van der Waals surface area contributed by atoms with Crippen LogP contribution in [0.5, 0.6) is 0 Å². The highest BCUT2D eigenvalue weighted by molar-refractivity contribution is 7.80. The Morgan fingerprint density at radius 2 is 1.95 bits per heavy atom. The van der Waals surface area contributed by atoms with Gasteiger partial charge in [-0.3, -0.25) is 4.90 Å². The lowest BCUT2D eigenvalue weighted by Gasteiger charge is -2.23. The van der Waals surface area contributed by atoms with Crippen LogP contribution in [0.25, 0.3) is 0 Å². The van der Waals surface area contributed by atoms with Gasteiger partial charge < -0.3 is 15.1 Å². The van der Waals surface area contributed by atoms with Gasteiger partial charge in [0.15, 0.2) is 5.11 Å². The molecule has 1 aromatic carbocycles. The molecule has 0 bridgehead atoms. The van der Waals surface area contributed by atoms with Crippen LogP contribution in [0.4, 0.5) is 5.69 Å². The van der Waals surface area contributed by atoms with Gasteiger partial charge in [-0.15, -0.1) is 0 Å². The van der Waals surface area contributed by atoms with Crippen molar-refractivity contribution >= 4 is 46.2 Å². The third-order valence-corrected chi connectivity index (χ3v) is 3.75. The van der Waals surface area contributed by atoms with Crippen LogP contribution in [0.15, 0.2) is 41.0 Å². The first-order chi connectivity index (χ1) is 10.5. The van der Waals surface area contributed by atoms with Crippen molar-refractivity contribution < 1.29 is 4.42 Å². The molecular weight excluding hydrogens is 341 g/mol. The molecule has 0 unspecified atom stereocenters. The molecule has 1 atom stereocenters. The molecule has 0 spiro atoms. The summed E-state index contributed by atoms with van der Waals surface area (Å²) < 4.78 is 5.46. The van der Waals surface area contributed by atoms with Crippen molar-refractivity contribution in [2.24, 2.45) is 0 Å². The molecule has 0 amide bonds. The van der Waals surface area contributed by atoms with Crippen LogP contribution in [0, 0.1) is 0 Å². The molecule has 2 aromatic rings. The van der Waals surface area contributed by atoms with Crippen LogP contribution in [0.1, 0.15) is 11.8 Å². The Morgan fingerprint density at radius 1 is 1.27 bits per heavy atom. The van der Waals surface area contributed by atoms with E-state index in [9.17, 15) is 0 Å². The molecule has 1 aromatic heterocycles. The maximum absolute atomic E-state index is 5.96. The fourth-order valence-electron chi connectivity index (χ4n) is 2.01. The average molecular weight is 358 g/mol. The van der Waals surface area contributed by atoms with Crippen molar-refractivity contribution in [2.75, 3.05) is 26.0 Å². The summed E-state index contributed by atoms with van der Waals surface area (Å²) in [6.45, 7) is 0.612. The number of rotatable bonds is 5. The molecule has 22 heavy (non-hydrogen) atoms. The Bertz CT molecular complexity index is 611. The molecule has 0 fully saturated rings. The number of likely N-dealkylation sites (N-methyl/N-ethyl adjacent to an activating group) is 1. The summed E-state index contributed by atoms with van der Waals surface area (Å²) in [7, 11) is 3.98. The highest BCUT2D eigenvalue weighted by atomic mass is 35.5. The van der Waals surface area contributed by atoms with Gasteiger partial charge in [0.25, 0.3) is 0 Å². The van der Waals surface area contributed by atoms with E-state index < -0.39 is 0 Å². The van der Waals surface area contributed by atoms with E-state index in [0.29, 0.717) is 21.7 Å². The first-order valence-electron chi connectivity index (χ1n) is 6.66. The standard InChI is InChI=1S/C15H17Cl2N3OS/c1-20(2)13(14-4-3-5-21-14)9-18-15(22)19-12-7-10(16)6-11(17)8-12/h3-8,13H,9H2,1-2H3,(H2,18,19,22)/t13-/m1/s1. The zero-order chi connectivity index (χ0) is 16.1. The van der Waals surface area contributed by atoms with Gasteiger partial charge in [0.05, 0.1) is 12.3 Å². The van der Waals surface area contributed by atoms with E-state index in [4.69, 9.17) is 39.8 Å². The number of halogens is 2. The summed E-state index contributed by atoms with van der Waals surface area (Å²) in [5.41, 5.74) is 0.745. The molecule has 0 aliphatic heterocycles. The van der Waals surface area contributed by atoms with Crippen LogP contribution in [-0.2, 0) is 0 Å². The normalized spacial score (nSPS) is 12.2. The zero-order valence-electron chi connectivity index (χ0n) is 12.3. The van der Waals surface area contributed by atoms with Crippen molar-refractivity contribution in [3.05, 3.63) is 52.4 Å². The van der Waals surface area contributed by atoms with Crippen LogP contribution in [0.3, 0.4) is 0 Å². The lowest BCUT2D eigenvalue weighted by Crippen LogP contribution is -2.36. The maximum Gasteiger partial charge on any atom is 0.170 e. The number of thiocarbonyl (C=S) groups is 1. The topological polar surface area (TPSA) is 40.4 Å². The molecule has 2 N–H and O–H groups in total. The Kier molecular flexibility index (Phi) is 6.08. The molecule has 1 heterocycles. The number of anilines is 1. The smallest absolute Gasteiger partial charge is 0.170 e. The molecule has 0 radical (unpaired) electrons. The number of nitrogens with zero attached hydrogens (tertiary/aromatic N) is 1. The number of nitrogens with one attached hydrogen (secondary N) is 2. The molecular formula is C15H17Cl2N3OS. The van der Waals surface area contributed by atoms with Gasteiger partial charge in [-0.2, -0.15) is 0 Å². The number of furan rings is 1. The molecule has 0 saturated heterocycles. The van der Waals surface area contributed by atoms with E-state index >= 15 is 0 Å². The maximum atomic E-state index is 5.96. The average Bonchev–Trinajstić information content (AvgIpc) is 2.91. The van der Waals surface area contributed by atoms with Crippen molar-refractivity contribution in [2.45, 2.75) is 6.04 Å². The highest BCUT2D eigenvalue weighted by Crippen LogP contribution is 2.22. The summed E-state index contributed by atoms with van der Waals surface area (Å²) >= 11 is 17.2. The van der Waals surface area contributed by atoms with Gasteiger partial charge >= 0.3 is 0 Å². The number of hydrogen-bond acceptors (Lipinski definition) is 3. The quantitative estimate of drug-likeness (QED) is 0.785. The SMILES string of the molecule is CN(C)[C@H](CNC(=S)Nc1cc(Cl)cc(Cl)c1)c1ccco1. The second kappa shape index (κ2) is 7.83. The van der Waals surface area contributed by atoms with Crippen LogP contribution < -0.4 is 10.6 Å². The van der Waals surface area contributed by atoms with Crippen LogP contribution in [-0.4, -0.2) is 30.7 Å². The fraction of sp³-hybridized carbons (Fsp3) is 0.267. The third kappa shape index (κ3) is 4.88. The predicted octanol–water partition coefficient (Wildman–Crippen LogP) is 4.18. The highest BCUT2D eigenvalue weighted by Gasteiger charge is 2.17. The molecule has 0 aliphatic rings. The van der Waals surface area contributed by atoms with Crippen molar-refractivity contribution in [1.29, 1.82) is 0 Å². The molecule has 0 aliphatic carbocycles. The lowest BCUT2D eigenvalue weighted by atomic mass is 10.2. The van der Waals surface area contributed by atoms with E-state index in [0.717, 1.165) is 11.4 Å². The van der Waals surface area contributed by atoms with Crippen molar-refractivity contribution in [3.8, 4) is 0 Å². The van der Waals surface area contributed by atoms with Gasteiger partial charge in [-0.25, -0.2) is 0 Å². The van der Waals surface area contributed by atoms with Gasteiger partial charge in [-0.1, -0.05) is 23.2 Å². The molecule has 118 valence electrons. The van der Waals surface area contributed by atoms with E-state index in [2.05, 4.69) is 15.5 Å². The fourth-order valence-corrected chi connectivity index (χ4v) is 2.74. The molecule has 4 nitrogen and oxygen atoms in total. The first kappa shape index (κ1) is 17.1. The van der Waals surface area contributed by atoms with E-state index in [1.165, 1.54) is 0 Å². The lowest BCUT2D eigenvalue weighted by molar-refractivity contribution is 0.259. The Hall–Kier alpha value is -1.27. The predicted molar refractivity (Wildman–Crippen MR) is 95.8 cm³/mol. The third-order valence-electron chi connectivity index (χ3n) is 3.07. The summed E-state index contributed by atoms with van der Waals surface area (Å²) in [6, 6.07) is 9.09. The minimum Gasteiger partial charge on any atom is -0.468 e. The largest absolute Gasteiger partial charge is 0.468 e. The van der Waals surface area contributed by atoms with Gasteiger partial charge in [0, 0.05) is 22.3 Å². The van der Waals surface area contributed by atoms with Crippen LogP contribution >= 0.6 is 35.4 Å². The Balaban J connectivity index is 1.94. The van der Waals surface area contributed by atoms with Crippen LogP contribution in [0.2, 0.25) is 10.0 Å². The second-order valence-electron chi connectivity index (χ2n) is 4.99. The summed E-state index contributed by atoms with van der Waals surface area (Å²) in [5.74, 6) is 0.881. The Morgan fingerprint density at radius 3 is 2.50 bits per heavy atom. The minimum atomic E-state index is 0.0812. The first-order valence-corrected chi connectivity index (χ1v) is 7.83.